The molecule has 0 aliphatic heterocycles. The molecule has 190 valence electrons. The molecule has 0 radical (unpaired) electrons. The summed E-state index contributed by atoms with van der Waals surface area (Å²) in [6.45, 7) is 7.62. The number of aryl methyl sites for hydroxylation is 2. The van der Waals surface area contributed by atoms with Crippen LogP contribution in [0.5, 0.6) is 5.75 Å². The lowest BCUT2D eigenvalue weighted by Gasteiger charge is -2.14. The van der Waals surface area contributed by atoms with E-state index in [4.69, 9.17) is 17.0 Å². The third kappa shape index (κ3) is 7.72. The van der Waals surface area contributed by atoms with Crippen LogP contribution in [0.1, 0.15) is 48.4 Å². The number of amides is 1. The van der Waals surface area contributed by atoms with Gasteiger partial charge in [-0.3, -0.25) is 10.1 Å². The Morgan fingerprint density at radius 2 is 1.64 bits per heavy atom. The lowest BCUT2D eigenvalue weighted by Crippen LogP contribution is -2.34. The van der Waals surface area contributed by atoms with E-state index in [2.05, 4.69) is 32.2 Å². The molecule has 0 aliphatic rings. The number of hydrogen-bond donors (Lipinski definition) is 3. The predicted octanol–water partition coefficient (Wildman–Crippen LogP) is 4.59. The van der Waals surface area contributed by atoms with E-state index in [9.17, 15) is 13.2 Å². The third-order valence-corrected chi connectivity index (χ3v) is 6.55. The molecule has 0 saturated heterocycles. The van der Waals surface area contributed by atoms with E-state index < -0.39 is 10.0 Å². The molecule has 0 fully saturated rings. The summed E-state index contributed by atoms with van der Waals surface area (Å²) in [5.74, 6) is 0.327. The minimum Gasteiger partial charge on any atom is -0.491 e. The Balaban J connectivity index is 1.57. The first-order valence-corrected chi connectivity index (χ1v) is 13.3. The van der Waals surface area contributed by atoms with Crippen LogP contribution in [0.2, 0.25) is 0 Å². The highest BCUT2D eigenvalue weighted by atomic mass is 32.2. The van der Waals surface area contributed by atoms with Gasteiger partial charge in [-0.25, -0.2) is 23.1 Å². The highest BCUT2D eigenvalue weighted by molar-refractivity contribution is 7.92. The Hall–Kier alpha value is -3.57. The van der Waals surface area contributed by atoms with Crippen LogP contribution in [-0.2, 0) is 10.0 Å². The molecule has 1 atom stereocenters. The fraction of sp³-hybridized carbons (Fsp3) is 0.280. The number of ether oxygens (including phenoxy) is 1. The molecule has 0 spiro atoms. The second-order valence-electron chi connectivity index (χ2n) is 8.25. The van der Waals surface area contributed by atoms with E-state index in [0.29, 0.717) is 28.4 Å². The number of nitrogens with zero attached hydrogens (tertiary/aromatic N) is 2. The first kappa shape index (κ1) is 27.0. The Morgan fingerprint density at radius 3 is 2.22 bits per heavy atom. The normalized spacial score (nSPS) is 11.9. The number of rotatable bonds is 9. The van der Waals surface area contributed by atoms with Crippen molar-refractivity contribution in [1.29, 1.82) is 0 Å². The van der Waals surface area contributed by atoms with Gasteiger partial charge in [0.05, 0.1) is 11.0 Å². The standard InChI is InChI=1S/C25H29N5O4S2/c1-5-6-18(4)34-21-11-7-19(8-12-21)23(31)29-25(35)28-20-9-13-22(14-10-20)36(32,33)30-24-26-16(2)15-17(3)27-24/h7-15,18H,5-6H2,1-4H3,(H,26,27,30)(H2,28,29,31,35). The summed E-state index contributed by atoms with van der Waals surface area (Å²) in [7, 11) is -3.88. The van der Waals surface area contributed by atoms with Crippen molar-refractivity contribution in [2.24, 2.45) is 0 Å². The van der Waals surface area contributed by atoms with Gasteiger partial charge in [-0.1, -0.05) is 13.3 Å². The summed E-state index contributed by atoms with van der Waals surface area (Å²) in [5, 5.41) is 5.56. The van der Waals surface area contributed by atoms with Crippen molar-refractivity contribution in [1.82, 2.24) is 15.3 Å². The summed E-state index contributed by atoms with van der Waals surface area (Å²) in [4.78, 5) is 20.7. The van der Waals surface area contributed by atoms with Crippen LogP contribution >= 0.6 is 12.2 Å². The summed E-state index contributed by atoms with van der Waals surface area (Å²) >= 11 is 5.23. The number of hydrogen-bond acceptors (Lipinski definition) is 7. The number of anilines is 2. The maximum atomic E-state index is 12.7. The molecule has 36 heavy (non-hydrogen) atoms. The highest BCUT2D eigenvalue weighted by Crippen LogP contribution is 2.18. The lowest BCUT2D eigenvalue weighted by molar-refractivity contribution is 0.0977. The number of carbonyl (C=O) groups excluding carboxylic acids is 1. The van der Waals surface area contributed by atoms with Crippen LogP contribution in [0.3, 0.4) is 0 Å². The lowest BCUT2D eigenvalue weighted by atomic mass is 10.2. The fourth-order valence-electron chi connectivity index (χ4n) is 3.39. The smallest absolute Gasteiger partial charge is 0.264 e. The molecule has 0 aliphatic carbocycles. The molecule has 2 aromatic carbocycles. The molecule has 1 aromatic heterocycles. The Morgan fingerprint density at radius 1 is 1.03 bits per heavy atom. The average molecular weight is 528 g/mol. The molecule has 9 nitrogen and oxygen atoms in total. The Labute approximate surface area is 216 Å². The summed E-state index contributed by atoms with van der Waals surface area (Å²) in [5.41, 5.74) is 2.24. The van der Waals surface area contributed by atoms with Gasteiger partial charge in [-0.05, 0) is 94.0 Å². The highest BCUT2D eigenvalue weighted by Gasteiger charge is 2.16. The molecule has 11 heteroatoms. The molecule has 1 amide bonds. The maximum absolute atomic E-state index is 12.7. The number of carbonyl (C=O) groups is 1. The van der Waals surface area contributed by atoms with E-state index in [0.717, 1.165) is 12.8 Å². The van der Waals surface area contributed by atoms with Gasteiger partial charge in [0.15, 0.2) is 5.11 Å². The topological polar surface area (TPSA) is 122 Å². The van der Waals surface area contributed by atoms with Gasteiger partial charge in [0, 0.05) is 22.6 Å². The van der Waals surface area contributed by atoms with Crippen molar-refractivity contribution >= 4 is 44.9 Å². The zero-order valence-electron chi connectivity index (χ0n) is 20.5. The van der Waals surface area contributed by atoms with Crippen molar-refractivity contribution in [3.8, 4) is 5.75 Å². The number of benzene rings is 2. The van der Waals surface area contributed by atoms with Crippen LogP contribution < -0.4 is 20.1 Å². The van der Waals surface area contributed by atoms with Gasteiger partial charge in [0.2, 0.25) is 5.95 Å². The first-order valence-electron chi connectivity index (χ1n) is 11.4. The Kier molecular flexibility index (Phi) is 8.94. The molecule has 3 N–H and O–H groups in total. The maximum Gasteiger partial charge on any atom is 0.264 e. The summed E-state index contributed by atoms with van der Waals surface area (Å²) in [6, 6.07) is 14.5. The van der Waals surface area contributed by atoms with Gasteiger partial charge < -0.3 is 10.1 Å². The van der Waals surface area contributed by atoms with Crippen molar-refractivity contribution in [2.75, 3.05) is 10.0 Å². The second kappa shape index (κ2) is 11.9. The molecule has 1 unspecified atom stereocenters. The molecular formula is C25H29N5O4S2. The van der Waals surface area contributed by atoms with Gasteiger partial charge in [-0.15, -0.1) is 0 Å². The van der Waals surface area contributed by atoms with Crippen molar-refractivity contribution in [3.63, 3.8) is 0 Å². The van der Waals surface area contributed by atoms with Gasteiger partial charge >= 0.3 is 0 Å². The first-order chi connectivity index (χ1) is 17.1. The van der Waals surface area contributed by atoms with E-state index in [1.165, 1.54) is 12.1 Å². The van der Waals surface area contributed by atoms with Gasteiger partial charge in [-0.2, -0.15) is 0 Å². The van der Waals surface area contributed by atoms with Crippen LogP contribution in [0, 0.1) is 13.8 Å². The molecule has 3 rings (SSSR count). The molecule has 1 heterocycles. The predicted molar refractivity (Wildman–Crippen MR) is 144 cm³/mol. The van der Waals surface area contributed by atoms with E-state index >= 15 is 0 Å². The average Bonchev–Trinajstić information content (AvgIpc) is 2.79. The van der Waals surface area contributed by atoms with Crippen LogP contribution in [0.15, 0.2) is 59.5 Å². The van der Waals surface area contributed by atoms with Crippen LogP contribution in [-0.4, -0.2) is 35.5 Å². The second-order valence-corrected chi connectivity index (χ2v) is 10.3. The van der Waals surface area contributed by atoms with E-state index in [-0.39, 0.29) is 28.0 Å². The number of aromatic nitrogens is 2. The van der Waals surface area contributed by atoms with E-state index in [1.54, 1.807) is 56.3 Å². The quantitative estimate of drug-likeness (QED) is 0.346. The minimum atomic E-state index is -3.88. The van der Waals surface area contributed by atoms with Crippen molar-refractivity contribution in [2.45, 2.75) is 51.5 Å². The third-order valence-electron chi connectivity index (χ3n) is 5.01. The Bertz CT molecular complexity index is 1310. The fourth-order valence-corrected chi connectivity index (χ4v) is 4.54. The number of sulfonamides is 1. The van der Waals surface area contributed by atoms with Crippen molar-refractivity contribution < 1.29 is 17.9 Å². The molecule has 3 aromatic rings. The zero-order valence-corrected chi connectivity index (χ0v) is 22.2. The van der Waals surface area contributed by atoms with Crippen LogP contribution in [0.25, 0.3) is 0 Å². The van der Waals surface area contributed by atoms with Gasteiger partial charge in [0.25, 0.3) is 15.9 Å². The van der Waals surface area contributed by atoms with Crippen LogP contribution in [0.4, 0.5) is 11.6 Å². The van der Waals surface area contributed by atoms with Crippen molar-refractivity contribution in [3.05, 3.63) is 71.5 Å². The molecule has 0 bridgehead atoms. The largest absolute Gasteiger partial charge is 0.491 e. The molecule has 0 saturated carbocycles. The summed E-state index contributed by atoms with van der Waals surface area (Å²) < 4.78 is 33.5. The SMILES string of the molecule is CCCC(C)Oc1ccc(C(=O)NC(=S)Nc2ccc(S(=O)(=O)Nc3nc(C)cc(C)n3)cc2)cc1. The number of nitrogens with one attached hydrogen (secondary N) is 3. The molecular weight excluding hydrogens is 498 g/mol. The zero-order chi connectivity index (χ0) is 26.3. The summed E-state index contributed by atoms with van der Waals surface area (Å²) in [6.07, 6.45) is 2.08. The van der Waals surface area contributed by atoms with Gasteiger partial charge in [0.1, 0.15) is 5.75 Å². The minimum absolute atomic E-state index is 0.00802. The monoisotopic (exact) mass is 527 g/mol. The number of thiocarbonyl (C=S) groups is 1. The van der Waals surface area contributed by atoms with E-state index in [1.807, 2.05) is 6.92 Å².